The molecule has 0 unspecified atom stereocenters. The minimum absolute atomic E-state index is 0.0408. The predicted molar refractivity (Wildman–Crippen MR) is 120 cm³/mol. The lowest BCUT2D eigenvalue weighted by atomic mass is 10.2. The Kier molecular flexibility index (Phi) is 5.57. The van der Waals surface area contributed by atoms with Crippen molar-refractivity contribution in [2.75, 3.05) is 0 Å². The topological polar surface area (TPSA) is 78.0 Å². The number of rotatable bonds is 5. The van der Waals surface area contributed by atoms with Crippen LogP contribution in [0, 0.1) is 17.0 Å². The summed E-state index contributed by atoms with van der Waals surface area (Å²) in [6.07, 6.45) is 0. The Morgan fingerprint density at radius 2 is 1.83 bits per heavy atom. The minimum Gasteiger partial charge on any atom is -0.268 e. The average Bonchev–Trinajstić information content (AvgIpc) is 2.73. The van der Waals surface area contributed by atoms with Gasteiger partial charge in [0.2, 0.25) is 0 Å². The van der Waals surface area contributed by atoms with Crippen LogP contribution in [0.25, 0.3) is 16.6 Å². The molecular formula is C22H16ClN3O3S. The second-order valence-corrected chi connectivity index (χ2v) is 8.07. The molecule has 0 saturated heterocycles. The summed E-state index contributed by atoms with van der Waals surface area (Å²) in [7, 11) is 0. The first-order valence-electron chi connectivity index (χ1n) is 9.08. The number of fused-ring (bicyclic) bond motifs is 1. The SMILES string of the molecule is Cc1ccccc1-n1c(SCc2ccc([N+](=O)[O-])cc2)nc2cc(Cl)ccc2c1=O. The zero-order chi connectivity index (χ0) is 21.3. The Labute approximate surface area is 181 Å². The summed E-state index contributed by atoms with van der Waals surface area (Å²) in [6.45, 7) is 1.94. The molecule has 0 bridgehead atoms. The zero-order valence-electron chi connectivity index (χ0n) is 15.9. The van der Waals surface area contributed by atoms with E-state index >= 15 is 0 Å². The standard InChI is InChI=1S/C22H16ClN3O3S/c1-14-4-2-3-5-20(14)25-21(27)18-11-8-16(23)12-19(18)24-22(25)30-13-15-6-9-17(10-7-15)26(28)29/h2-12H,13H2,1H3. The predicted octanol–water partition coefficient (Wildman–Crippen LogP) is 5.55. The van der Waals surface area contributed by atoms with Crippen molar-refractivity contribution in [3.8, 4) is 5.69 Å². The van der Waals surface area contributed by atoms with Crippen LogP contribution in [0.4, 0.5) is 5.69 Å². The van der Waals surface area contributed by atoms with Gasteiger partial charge in [0.1, 0.15) is 0 Å². The van der Waals surface area contributed by atoms with Crippen LogP contribution in [0.2, 0.25) is 5.02 Å². The van der Waals surface area contributed by atoms with E-state index in [1.165, 1.54) is 23.9 Å². The molecule has 30 heavy (non-hydrogen) atoms. The average molecular weight is 438 g/mol. The van der Waals surface area contributed by atoms with Crippen molar-refractivity contribution in [2.24, 2.45) is 0 Å². The van der Waals surface area contributed by atoms with Crippen molar-refractivity contribution < 1.29 is 4.92 Å². The number of aromatic nitrogens is 2. The molecule has 4 rings (SSSR count). The summed E-state index contributed by atoms with van der Waals surface area (Å²) in [5, 5.41) is 12.4. The number of nitrogens with zero attached hydrogens (tertiary/aromatic N) is 3. The van der Waals surface area contributed by atoms with Gasteiger partial charge in [-0.3, -0.25) is 19.5 Å². The van der Waals surface area contributed by atoms with E-state index in [4.69, 9.17) is 16.6 Å². The summed E-state index contributed by atoms with van der Waals surface area (Å²) in [5.74, 6) is 0.502. The quantitative estimate of drug-likeness (QED) is 0.177. The Morgan fingerprint density at radius 1 is 1.10 bits per heavy atom. The molecule has 0 aliphatic heterocycles. The van der Waals surface area contributed by atoms with E-state index in [-0.39, 0.29) is 11.2 Å². The van der Waals surface area contributed by atoms with E-state index in [1.807, 2.05) is 31.2 Å². The maximum Gasteiger partial charge on any atom is 0.269 e. The zero-order valence-corrected chi connectivity index (χ0v) is 17.5. The maximum atomic E-state index is 13.3. The van der Waals surface area contributed by atoms with Crippen LogP contribution in [0.15, 0.2) is 76.7 Å². The number of benzene rings is 3. The molecule has 1 heterocycles. The molecule has 6 nitrogen and oxygen atoms in total. The lowest BCUT2D eigenvalue weighted by molar-refractivity contribution is -0.384. The van der Waals surface area contributed by atoms with Crippen LogP contribution in [-0.4, -0.2) is 14.5 Å². The number of non-ortho nitro benzene ring substituents is 1. The highest BCUT2D eigenvalue weighted by Gasteiger charge is 2.15. The highest BCUT2D eigenvalue weighted by molar-refractivity contribution is 7.98. The third-order valence-corrected chi connectivity index (χ3v) is 5.92. The number of para-hydroxylation sites is 1. The third-order valence-electron chi connectivity index (χ3n) is 4.67. The molecule has 0 amide bonds. The minimum atomic E-state index is -0.429. The Bertz CT molecular complexity index is 1320. The number of aryl methyl sites for hydroxylation is 1. The molecule has 150 valence electrons. The Hall–Kier alpha value is -3.16. The summed E-state index contributed by atoms with van der Waals surface area (Å²) >= 11 is 7.50. The highest BCUT2D eigenvalue weighted by Crippen LogP contribution is 2.27. The number of thioether (sulfide) groups is 1. The smallest absolute Gasteiger partial charge is 0.268 e. The van der Waals surface area contributed by atoms with Gasteiger partial charge in [0.05, 0.1) is 21.5 Å². The van der Waals surface area contributed by atoms with Crippen molar-refractivity contribution in [3.63, 3.8) is 0 Å². The van der Waals surface area contributed by atoms with Crippen LogP contribution in [0.1, 0.15) is 11.1 Å². The fraction of sp³-hybridized carbons (Fsp3) is 0.0909. The van der Waals surface area contributed by atoms with Crippen molar-refractivity contribution in [1.29, 1.82) is 0 Å². The van der Waals surface area contributed by atoms with E-state index in [2.05, 4.69) is 0 Å². The van der Waals surface area contributed by atoms with E-state index < -0.39 is 4.92 Å². The van der Waals surface area contributed by atoms with Crippen LogP contribution >= 0.6 is 23.4 Å². The molecule has 1 aromatic heterocycles. The molecule has 0 radical (unpaired) electrons. The second kappa shape index (κ2) is 8.30. The van der Waals surface area contributed by atoms with Gasteiger partial charge >= 0.3 is 0 Å². The molecule has 4 aromatic rings. The fourth-order valence-electron chi connectivity index (χ4n) is 3.12. The van der Waals surface area contributed by atoms with Gasteiger partial charge in [-0.15, -0.1) is 0 Å². The van der Waals surface area contributed by atoms with E-state index in [9.17, 15) is 14.9 Å². The highest BCUT2D eigenvalue weighted by atomic mass is 35.5. The first kappa shape index (κ1) is 20.1. The summed E-state index contributed by atoms with van der Waals surface area (Å²) in [5.41, 5.74) is 3.01. The molecular weight excluding hydrogens is 422 g/mol. The first-order chi connectivity index (χ1) is 14.4. The van der Waals surface area contributed by atoms with Crippen LogP contribution in [0.3, 0.4) is 0 Å². The molecule has 0 saturated carbocycles. The second-order valence-electron chi connectivity index (χ2n) is 6.70. The molecule has 0 aliphatic rings. The van der Waals surface area contributed by atoms with E-state index in [1.54, 1.807) is 34.9 Å². The monoisotopic (exact) mass is 437 g/mol. The summed E-state index contributed by atoms with van der Waals surface area (Å²) in [6, 6.07) is 19.0. The van der Waals surface area contributed by atoms with Crippen molar-refractivity contribution in [2.45, 2.75) is 17.8 Å². The molecule has 0 spiro atoms. The number of hydrogen-bond acceptors (Lipinski definition) is 5. The normalized spacial score (nSPS) is 11.0. The maximum absolute atomic E-state index is 13.3. The van der Waals surface area contributed by atoms with Crippen molar-refractivity contribution in [1.82, 2.24) is 9.55 Å². The third kappa shape index (κ3) is 3.94. The fourth-order valence-corrected chi connectivity index (χ4v) is 4.25. The summed E-state index contributed by atoms with van der Waals surface area (Å²) < 4.78 is 1.61. The van der Waals surface area contributed by atoms with Crippen LogP contribution in [-0.2, 0) is 5.75 Å². The van der Waals surface area contributed by atoms with Gasteiger partial charge in [-0.1, -0.05) is 53.7 Å². The van der Waals surface area contributed by atoms with Gasteiger partial charge in [0.15, 0.2) is 5.16 Å². The number of hydrogen-bond donors (Lipinski definition) is 0. The molecule has 0 fully saturated rings. The van der Waals surface area contributed by atoms with E-state index in [0.717, 1.165) is 16.8 Å². The van der Waals surface area contributed by atoms with Gasteiger partial charge in [0, 0.05) is 22.9 Å². The molecule has 3 aromatic carbocycles. The van der Waals surface area contributed by atoms with Gasteiger partial charge < -0.3 is 0 Å². The Balaban J connectivity index is 1.80. The van der Waals surface area contributed by atoms with Crippen LogP contribution < -0.4 is 5.56 Å². The van der Waals surface area contributed by atoms with Gasteiger partial charge in [-0.25, -0.2) is 4.98 Å². The number of nitro groups is 1. The lowest BCUT2D eigenvalue weighted by Gasteiger charge is -2.15. The van der Waals surface area contributed by atoms with Gasteiger partial charge in [-0.2, -0.15) is 0 Å². The number of nitro benzene ring substituents is 1. The summed E-state index contributed by atoms with van der Waals surface area (Å²) in [4.78, 5) is 28.5. The lowest BCUT2D eigenvalue weighted by Crippen LogP contribution is -2.22. The molecule has 0 aliphatic carbocycles. The molecule has 0 N–H and O–H groups in total. The molecule has 0 atom stereocenters. The largest absolute Gasteiger partial charge is 0.269 e. The Morgan fingerprint density at radius 3 is 2.53 bits per heavy atom. The van der Waals surface area contributed by atoms with Crippen molar-refractivity contribution in [3.05, 3.63) is 103 Å². The van der Waals surface area contributed by atoms with Gasteiger partial charge in [0.25, 0.3) is 11.2 Å². The van der Waals surface area contributed by atoms with Crippen LogP contribution in [0.5, 0.6) is 0 Å². The molecule has 8 heteroatoms. The first-order valence-corrected chi connectivity index (χ1v) is 10.4. The number of halogens is 1. The van der Waals surface area contributed by atoms with Crippen molar-refractivity contribution >= 4 is 40.0 Å². The van der Waals surface area contributed by atoms with E-state index in [0.29, 0.717) is 26.8 Å². The van der Waals surface area contributed by atoms with Gasteiger partial charge in [-0.05, 0) is 42.3 Å².